The number of hydrogen-bond acceptors (Lipinski definition) is 5. The topological polar surface area (TPSA) is 105 Å². The highest BCUT2D eigenvalue weighted by Crippen LogP contribution is 2.43. The van der Waals surface area contributed by atoms with E-state index in [-0.39, 0.29) is 19.1 Å². The standard InChI is InChI=1S/C71H129N2O6P/c1-6-8-10-12-14-16-18-20-22-24-26-28-30-32-34-35-36-37-39-40-42-44-46-48-50-52-54-56-58-60-62-64-70(74)69(68-79-80(76,77)78-67-66-73(3,4)5)72-71(75)65-63-61-59-57-55-53-51-49-47-45-43-41-38-33-31-29-27-25-23-21-19-17-15-13-11-9-7-2/h9,11,15,17,21,23,27,29,33,38,43,45,49,51,62,64,69-70,74H,6-8,10,12-14,16,18-20,22,24-26,28,30-32,34-37,39-42,44,46-48,50,52-61,63,65-68H2,1-5H3,(H-,72,75,76,77)/p+1/b11-9-,17-15-,23-21-,29-27-,38-33-,45-43-,51-49-,64-62+. The molecule has 3 unspecified atom stereocenters. The van der Waals surface area contributed by atoms with E-state index in [2.05, 4.69) is 104 Å². The summed E-state index contributed by atoms with van der Waals surface area (Å²) in [5.41, 5.74) is 0. The minimum absolute atomic E-state index is 0.0526. The summed E-state index contributed by atoms with van der Waals surface area (Å²) >= 11 is 0. The van der Waals surface area contributed by atoms with Crippen LogP contribution in [0.4, 0.5) is 0 Å². The Kier molecular flexibility index (Phi) is 59.0. The first kappa shape index (κ1) is 77.4. The molecule has 0 fully saturated rings. The average molecular weight is 1140 g/mol. The molecule has 0 aliphatic carbocycles. The quantitative estimate of drug-likeness (QED) is 0.0243. The fraction of sp³-hybridized carbons (Fsp3) is 0.761. The summed E-state index contributed by atoms with van der Waals surface area (Å²) in [6.45, 7) is 4.71. The number of likely N-dealkylation sites (N-methyl/N-ethyl adjacent to an activating group) is 1. The lowest BCUT2D eigenvalue weighted by Gasteiger charge is -2.25. The van der Waals surface area contributed by atoms with E-state index in [1.54, 1.807) is 6.08 Å². The monoisotopic (exact) mass is 1140 g/mol. The number of aliphatic hydroxyl groups is 1. The Balaban J connectivity index is 4.17. The Morgan fingerprint density at radius 2 is 0.750 bits per heavy atom. The van der Waals surface area contributed by atoms with Crippen LogP contribution in [0.1, 0.15) is 296 Å². The van der Waals surface area contributed by atoms with Crippen LogP contribution in [0, 0.1) is 0 Å². The number of aliphatic hydroxyl groups excluding tert-OH is 1. The van der Waals surface area contributed by atoms with Gasteiger partial charge in [-0.05, 0) is 77.0 Å². The molecule has 80 heavy (non-hydrogen) atoms. The van der Waals surface area contributed by atoms with Crippen LogP contribution in [0.5, 0.6) is 0 Å². The molecule has 0 rings (SSSR count). The van der Waals surface area contributed by atoms with Crippen molar-refractivity contribution < 1.29 is 32.9 Å². The lowest BCUT2D eigenvalue weighted by Crippen LogP contribution is -2.45. The average Bonchev–Trinajstić information content (AvgIpc) is 3.42. The van der Waals surface area contributed by atoms with E-state index >= 15 is 0 Å². The van der Waals surface area contributed by atoms with Crippen LogP contribution in [0.15, 0.2) is 97.2 Å². The first-order valence-electron chi connectivity index (χ1n) is 33.6. The Morgan fingerprint density at radius 1 is 0.438 bits per heavy atom. The van der Waals surface area contributed by atoms with Gasteiger partial charge in [0.05, 0.1) is 39.9 Å². The van der Waals surface area contributed by atoms with Gasteiger partial charge in [0, 0.05) is 6.42 Å². The molecule has 0 aromatic rings. The van der Waals surface area contributed by atoms with E-state index in [1.807, 2.05) is 27.2 Å². The minimum atomic E-state index is -4.37. The molecule has 0 aliphatic heterocycles. The lowest BCUT2D eigenvalue weighted by molar-refractivity contribution is -0.870. The largest absolute Gasteiger partial charge is 0.472 e. The predicted octanol–water partition coefficient (Wildman–Crippen LogP) is 21.3. The fourth-order valence-electron chi connectivity index (χ4n) is 9.61. The second-order valence-corrected chi connectivity index (χ2v) is 25.3. The normalized spacial score (nSPS) is 14.3. The van der Waals surface area contributed by atoms with E-state index in [9.17, 15) is 19.4 Å². The molecule has 0 radical (unpaired) electrons. The van der Waals surface area contributed by atoms with Crippen LogP contribution in [0.25, 0.3) is 0 Å². The summed E-state index contributed by atoms with van der Waals surface area (Å²) in [5.74, 6) is -0.196. The molecule has 1 amide bonds. The molecular formula is C71H130N2O6P+. The van der Waals surface area contributed by atoms with Gasteiger partial charge < -0.3 is 19.8 Å². The molecule has 0 aromatic heterocycles. The molecule has 9 heteroatoms. The molecule has 0 aliphatic rings. The summed E-state index contributed by atoms with van der Waals surface area (Å²) in [7, 11) is 1.55. The number of amides is 1. The van der Waals surface area contributed by atoms with Gasteiger partial charge in [0.1, 0.15) is 13.2 Å². The maximum Gasteiger partial charge on any atom is 0.472 e. The number of nitrogens with zero attached hydrogens (tertiary/aromatic N) is 1. The van der Waals surface area contributed by atoms with E-state index in [4.69, 9.17) is 9.05 Å². The first-order chi connectivity index (χ1) is 39.0. The Morgan fingerprint density at radius 3 is 1.10 bits per heavy atom. The molecule has 0 saturated carbocycles. The van der Waals surface area contributed by atoms with Crippen molar-refractivity contribution in [2.24, 2.45) is 0 Å². The van der Waals surface area contributed by atoms with E-state index in [1.165, 1.54) is 173 Å². The fourth-order valence-corrected chi connectivity index (χ4v) is 10.3. The smallest absolute Gasteiger partial charge is 0.387 e. The number of carbonyl (C=O) groups excluding carboxylic acids is 1. The zero-order valence-electron chi connectivity index (χ0n) is 53.0. The van der Waals surface area contributed by atoms with Crippen molar-refractivity contribution >= 4 is 13.7 Å². The van der Waals surface area contributed by atoms with E-state index < -0.39 is 20.0 Å². The van der Waals surface area contributed by atoms with Crippen LogP contribution in [-0.2, 0) is 18.4 Å². The highest BCUT2D eigenvalue weighted by atomic mass is 31.2. The van der Waals surface area contributed by atoms with Crippen LogP contribution in [0.2, 0.25) is 0 Å². The third-order valence-electron chi connectivity index (χ3n) is 14.8. The number of nitrogens with one attached hydrogen (secondary N) is 1. The van der Waals surface area contributed by atoms with Crippen molar-refractivity contribution in [2.45, 2.75) is 309 Å². The molecule has 3 N–H and O–H groups in total. The molecule has 3 atom stereocenters. The Hall–Kier alpha value is -2.58. The number of hydrogen-bond donors (Lipinski definition) is 3. The Labute approximate surface area is 496 Å². The van der Waals surface area contributed by atoms with Gasteiger partial charge in [-0.25, -0.2) is 4.57 Å². The summed E-state index contributed by atoms with van der Waals surface area (Å²) in [6.07, 6.45) is 88.3. The molecule has 0 spiro atoms. The van der Waals surface area contributed by atoms with Crippen molar-refractivity contribution in [3.63, 3.8) is 0 Å². The van der Waals surface area contributed by atoms with E-state index in [0.717, 1.165) is 103 Å². The van der Waals surface area contributed by atoms with E-state index in [0.29, 0.717) is 17.4 Å². The molecule has 0 aromatic carbocycles. The zero-order chi connectivity index (χ0) is 58.4. The van der Waals surface area contributed by atoms with Crippen molar-refractivity contribution in [3.8, 4) is 0 Å². The van der Waals surface area contributed by atoms with Gasteiger partial charge in [0.15, 0.2) is 0 Å². The second kappa shape index (κ2) is 61.0. The highest BCUT2D eigenvalue weighted by Gasteiger charge is 2.28. The number of rotatable bonds is 61. The van der Waals surface area contributed by atoms with Crippen LogP contribution in [0.3, 0.4) is 0 Å². The number of carbonyl (C=O) groups is 1. The summed E-state index contributed by atoms with van der Waals surface area (Å²) < 4.78 is 23.8. The van der Waals surface area contributed by atoms with Gasteiger partial charge in [-0.2, -0.15) is 0 Å². The molecule has 0 heterocycles. The number of phosphoric ester groups is 1. The van der Waals surface area contributed by atoms with Gasteiger partial charge in [0.25, 0.3) is 0 Å². The number of unbranched alkanes of at least 4 members (excludes halogenated alkanes) is 34. The first-order valence-corrected chi connectivity index (χ1v) is 35.1. The van der Waals surface area contributed by atoms with Gasteiger partial charge in [-0.1, -0.05) is 310 Å². The second-order valence-electron chi connectivity index (χ2n) is 23.8. The summed E-state index contributed by atoms with van der Waals surface area (Å²) in [4.78, 5) is 23.4. The van der Waals surface area contributed by atoms with Crippen LogP contribution < -0.4 is 5.32 Å². The third kappa shape index (κ3) is 63.0. The predicted molar refractivity (Wildman–Crippen MR) is 350 cm³/mol. The molecule has 0 saturated heterocycles. The minimum Gasteiger partial charge on any atom is -0.387 e. The SMILES string of the molecule is CC/C=C\C/C=C\C/C=C\C/C=C\C/C=C\C/C=C\C/C=C\CCCCCCCC(=O)NC(COP(=O)(O)OCC[N+](C)(C)C)C(O)/C=C/CCCCCCCCCCCCCCCCCCCCCCCCCCCCCCC. The van der Waals surface area contributed by atoms with Crippen molar-refractivity contribution in [2.75, 3.05) is 40.9 Å². The van der Waals surface area contributed by atoms with Gasteiger partial charge in [-0.15, -0.1) is 0 Å². The zero-order valence-corrected chi connectivity index (χ0v) is 53.9. The van der Waals surface area contributed by atoms with Gasteiger partial charge >= 0.3 is 7.82 Å². The van der Waals surface area contributed by atoms with Gasteiger partial charge in [-0.3, -0.25) is 13.8 Å². The van der Waals surface area contributed by atoms with Crippen LogP contribution >= 0.6 is 7.82 Å². The van der Waals surface area contributed by atoms with Crippen molar-refractivity contribution in [1.82, 2.24) is 5.32 Å². The number of allylic oxidation sites excluding steroid dienone is 15. The molecule has 464 valence electrons. The molecule has 8 nitrogen and oxygen atoms in total. The van der Waals surface area contributed by atoms with Crippen molar-refractivity contribution in [1.29, 1.82) is 0 Å². The summed E-state index contributed by atoms with van der Waals surface area (Å²) in [6, 6.07) is -0.866. The molecule has 0 bridgehead atoms. The van der Waals surface area contributed by atoms with Crippen LogP contribution in [-0.4, -0.2) is 73.4 Å². The third-order valence-corrected chi connectivity index (χ3v) is 15.8. The summed E-state index contributed by atoms with van der Waals surface area (Å²) in [5, 5.41) is 14.0. The number of phosphoric acid groups is 1. The lowest BCUT2D eigenvalue weighted by atomic mass is 10.0. The maximum atomic E-state index is 13.0. The number of quaternary nitrogens is 1. The molecular weight excluding hydrogens is 1010 g/mol. The van der Waals surface area contributed by atoms with Gasteiger partial charge in [0.2, 0.25) is 5.91 Å². The highest BCUT2D eigenvalue weighted by molar-refractivity contribution is 7.47. The Bertz CT molecular complexity index is 1620. The van der Waals surface area contributed by atoms with Crippen molar-refractivity contribution in [3.05, 3.63) is 97.2 Å². The maximum absolute atomic E-state index is 13.0.